The van der Waals surface area contributed by atoms with Gasteiger partial charge in [-0.2, -0.15) is 5.26 Å². The number of piperidine rings is 1. The SMILES string of the molecule is [2H]c1nc(N([2H])C2([2H])C([2H])([2H])C([2H])([2H])N(C([2H])([2H])c3cc([2H])c(F)c(C#N)c3)C([2H])([2H])C2([2H])[2H])c2c([2H])c(Cl)sc2n1. The van der Waals surface area contributed by atoms with Crippen molar-refractivity contribution in [3.63, 3.8) is 0 Å². The molecule has 2 aromatic heterocycles. The van der Waals surface area contributed by atoms with E-state index in [2.05, 4.69) is 9.97 Å². The average Bonchev–Trinajstić information content (AvgIpc) is 3.14. The van der Waals surface area contributed by atoms with Gasteiger partial charge in [0.1, 0.15) is 30.2 Å². The van der Waals surface area contributed by atoms with Gasteiger partial charge in [-0.15, -0.1) is 11.3 Å². The molecule has 1 N–H and O–H groups in total. The van der Waals surface area contributed by atoms with Crippen LogP contribution in [0.3, 0.4) is 0 Å². The van der Waals surface area contributed by atoms with Crippen LogP contribution in [0.5, 0.6) is 0 Å². The van der Waals surface area contributed by atoms with Gasteiger partial charge in [0.15, 0.2) is 1.41 Å². The number of halogens is 2. The molecule has 0 saturated carbocycles. The molecule has 0 spiro atoms. The molecule has 27 heavy (non-hydrogen) atoms. The van der Waals surface area contributed by atoms with E-state index in [1.807, 2.05) is 0 Å². The fourth-order valence-electron chi connectivity index (χ4n) is 2.05. The van der Waals surface area contributed by atoms with E-state index in [4.69, 9.17) is 32.2 Å². The van der Waals surface area contributed by atoms with Crippen LogP contribution in [0.2, 0.25) is 5.75 Å². The number of likely N-dealkylation sites (tertiary alicyclic amines) is 1. The zero-order valence-electron chi connectivity index (χ0n) is 28.1. The van der Waals surface area contributed by atoms with Crippen LogP contribution in [0.4, 0.5) is 10.2 Å². The van der Waals surface area contributed by atoms with E-state index in [0.29, 0.717) is 23.5 Å². The number of nitrogens with one attached hydrogen (secondary N) is 1. The van der Waals surface area contributed by atoms with Crippen molar-refractivity contribution < 1.29 is 25.0 Å². The van der Waals surface area contributed by atoms with E-state index < -0.39 is 89.7 Å². The molecule has 138 valence electrons. The molecule has 0 aliphatic carbocycles. The molecule has 1 fully saturated rings. The maximum atomic E-state index is 14.2. The van der Waals surface area contributed by atoms with Crippen molar-refractivity contribution in [1.82, 2.24) is 14.9 Å². The number of thiophene rings is 1. The Hall–Kier alpha value is -2.27. The highest BCUT2D eigenvalue weighted by Gasteiger charge is 2.21. The van der Waals surface area contributed by atoms with Crippen molar-refractivity contribution >= 4 is 39.0 Å². The van der Waals surface area contributed by atoms with Crippen molar-refractivity contribution in [3.8, 4) is 6.07 Å². The molecule has 0 bridgehead atoms. The summed E-state index contributed by atoms with van der Waals surface area (Å²) in [6.45, 7) is -11.6. The molecule has 3 aromatic rings. The summed E-state index contributed by atoms with van der Waals surface area (Å²) in [5.41, 5.74) is -1.77. The second-order valence-electron chi connectivity index (χ2n) is 4.94. The van der Waals surface area contributed by atoms with E-state index in [0.717, 1.165) is 0 Å². The van der Waals surface area contributed by atoms with Crippen LogP contribution >= 0.6 is 22.9 Å². The molecule has 0 atom stereocenters. The first-order valence-corrected chi connectivity index (χ1v) is 8.37. The maximum Gasteiger partial charge on any atom is 0.162 e. The Balaban J connectivity index is 2.02. The highest BCUT2D eigenvalue weighted by Crippen LogP contribution is 2.32. The molecule has 8 heteroatoms. The number of anilines is 1. The fraction of sp³-hybridized carbons (Fsp3) is 0.316. The number of nitriles is 1. The molecule has 1 aliphatic heterocycles. The third kappa shape index (κ3) is 4.03. The van der Waals surface area contributed by atoms with Crippen LogP contribution < -0.4 is 5.31 Å². The van der Waals surface area contributed by atoms with Gasteiger partial charge < -0.3 is 5.31 Å². The first-order valence-electron chi connectivity index (χ1n) is 14.6. The van der Waals surface area contributed by atoms with Crippen LogP contribution in [0.15, 0.2) is 30.5 Å². The highest BCUT2D eigenvalue weighted by molar-refractivity contribution is 7.22. The Bertz CT molecular complexity index is 1630. The van der Waals surface area contributed by atoms with Crippen molar-refractivity contribution in [2.24, 2.45) is 0 Å². The zero-order valence-corrected chi connectivity index (χ0v) is 14.6. The second kappa shape index (κ2) is 7.77. The topological polar surface area (TPSA) is 64.8 Å². The standard InChI is InChI=1S/C19H17ClFN5S/c20-17-8-15-18(23-11-24-19(15)27-17)25-14-3-5-26(6-4-14)10-12-1-2-16(21)13(7-12)9-22/h1-2,7-8,11,14H,3-6,10H2,(H,23,24,25)/i2D,3D2,4D2,5D2,6D2,8D,10D2,11D,14D/hD. The summed E-state index contributed by atoms with van der Waals surface area (Å²) in [5.74, 6) is -2.30. The lowest BCUT2D eigenvalue weighted by Crippen LogP contribution is -2.38. The minimum atomic E-state index is -4.05. The molecular formula is C19H17ClFN5S. The number of benzene rings is 1. The van der Waals surface area contributed by atoms with Crippen molar-refractivity contribution in [2.75, 3.05) is 18.3 Å². The predicted molar refractivity (Wildman–Crippen MR) is 105 cm³/mol. The lowest BCUT2D eigenvalue weighted by molar-refractivity contribution is 0.211. The smallest absolute Gasteiger partial charge is 0.162 e. The fourth-order valence-corrected chi connectivity index (χ4v) is 3.01. The normalized spacial score (nSPS) is 33.0. The van der Waals surface area contributed by atoms with Crippen LogP contribution in [-0.2, 0) is 6.50 Å². The Kier molecular flexibility index (Phi) is 2.19. The number of hydrogen-bond acceptors (Lipinski definition) is 6. The summed E-state index contributed by atoms with van der Waals surface area (Å²) in [6, 6.07) is -3.14. The molecule has 0 radical (unpaired) electrons. The molecule has 3 heterocycles. The first-order chi connectivity index (χ1) is 18.9. The summed E-state index contributed by atoms with van der Waals surface area (Å²) in [4.78, 5) is 6.69. The van der Waals surface area contributed by atoms with Gasteiger partial charge in [0.05, 0.1) is 19.4 Å². The van der Waals surface area contributed by atoms with Crippen molar-refractivity contribution in [1.29, 1.82) is 5.26 Å². The summed E-state index contributed by atoms with van der Waals surface area (Å²) < 4.78 is 142. The van der Waals surface area contributed by atoms with E-state index in [-0.39, 0.29) is 14.5 Å². The van der Waals surface area contributed by atoms with E-state index in [1.165, 1.54) is 6.07 Å². The number of hydrogen-bond donors (Lipinski definition) is 1. The Morgan fingerprint density at radius 3 is 3.19 bits per heavy atom. The molecule has 1 aliphatic rings. The second-order valence-corrected chi connectivity index (χ2v) is 6.54. The number of fused-ring (bicyclic) bond motifs is 1. The number of rotatable bonds is 4. The average molecular weight is 417 g/mol. The van der Waals surface area contributed by atoms with Gasteiger partial charge in [-0.3, -0.25) is 4.90 Å². The highest BCUT2D eigenvalue weighted by atomic mass is 35.5. The van der Waals surface area contributed by atoms with E-state index in [1.54, 1.807) is 0 Å². The quantitative estimate of drug-likeness (QED) is 0.681. The molecule has 5 nitrogen and oxygen atoms in total. The molecule has 4 rings (SSSR count). The monoisotopic (exact) mass is 416 g/mol. The minimum Gasteiger partial charge on any atom is -0.367 e. The maximum absolute atomic E-state index is 14.2. The van der Waals surface area contributed by atoms with Gasteiger partial charge in [-0.1, -0.05) is 17.7 Å². The van der Waals surface area contributed by atoms with Gasteiger partial charge in [-0.05, 0) is 36.5 Å². The minimum absolute atomic E-state index is 0.183. The van der Waals surface area contributed by atoms with Gasteiger partial charge in [0.2, 0.25) is 0 Å². The predicted octanol–water partition coefficient (Wildman–Crippen LogP) is 4.43. The number of aromatic nitrogens is 2. The summed E-state index contributed by atoms with van der Waals surface area (Å²) >= 11 is 6.63. The Morgan fingerprint density at radius 2 is 2.41 bits per heavy atom. The third-order valence-electron chi connectivity index (χ3n) is 3.20. The van der Waals surface area contributed by atoms with Gasteiger partial charge in [-0.25, -0.2) is 14.4 Å². The molecule has 0 amide bonds. The van der Waals surface area contributed by atoms with Crippen molar-refractivity contribution in [3.05, 3.63) is 51.8 Å². The van der Waals surface area contributed by atoms with Gasteiger partial charge in [0, 0.05) is 39.2 Å². The Labute approximate surface area is 186 Å². The van der Waals surface area contributed by atoms with Gasteiger partial charge in [0.25, 0.3) is 0 Å². The largest absolute Gasteiger partial charge is 0.367 e. The van der Waals surface area contributed by atoms with E-state index >= 15 is 0 Å². The molecule has 1 saturated heterocycles. The lowest BCUT2D eigenvalue weighted by atomic mass is 10.0. The third-order valence-corrected chi connectivity index (χ3v) is 4.29. The van der Waals surface area contributed by atoms with Crippen LogP contribution in [0, 0.1) is 17.1 Å². The summed E-state index contributed by atoms with van der Waals surface area (Å²) in [6.07, 6.45) is -8.92. The van der Waals surface area contributed by atoms with Crippen molar-refractivity contribution in [2.45, 2.75) is 25.3 Å². The first kappa shape index (κ1) is 7.63. The number of nitrogens with zero attached hydrogens (tertiary/aromatic N) is 4. The van der Waals surface area contributed by atoms with Gasteiger partial charge >= 0.3 is 0 Å². The van der Waals surface area contributed by atoms with Crippen LogP contribution in [0.25, 0.3) is 10.2 Å². The molecule has 1 aromatic carbocycles. The summed E-state index contributed by atoms with van der Waals surface area (Å²) in [7, 11) is 0. The van der Waals surface area contributed by atoms with Crippen LogP contribution in [-0.4, -0.2) is 33.9 Å². The van der Waals surface area contributed by atoms with Crippen LogP contribution in [0.1, 0.15) is 43.1 Å². The van der Waals surface area contributed by atoms with E-state index in [9.17, 15) is 9.65 Å². The Morgan fingerprint density at radius 1 is 1.59 bits per heavy atom. The summed E-state index contributed by atoms with van der Waals surface area (Å²) in [5, 5.41) is 8.46. The molecule has 0 unspecified atom stereocenters. The lowest BCUT2D eigenvalue weighted by Gasteiger charge is -2.32. The zero-order chi connectivity index (χ0) is 32.2. The molecular weight excluding hydrogens is 385 g/mol.